The Labute approximate surface area is 349 Å². The van der Waals surface area contributed by atoms with Crippen molar-refractivity contribution in [3.63, 3.8) is 0 Å². The van der Waals surface area contributed by atoms with E-state index in [9.17, 15) is 38.7 Å². The Balaban J connectivity index is 1.13. The first-order valence-corrected chi connectivity index (χ1v) is 20.1. The third-order valence-electron chi connectivity index (χ3n) is 11.8. The number of nitrogens with one attached hydrogen (secondary N) is 3. The van der Waals surface area contributed by atoms with Crippen molar-refractivity contribution < 1.29 is 43.0 Å². The van der Waals surface area contributed by atoms with Gasteiger partial charge in [-0.15, -0.1) is 0 Å². The minimum Gasteiger partial charge on any atom is -0.458 e. The van der Waals surface area contributed by atoms with Crippen molar-refractivity contribution in [2.24, 2.45) is 11.5 Å². The molecule has 4 aromatic rings. The highest BCUT2D eigenvalue weighted by Gasteiger charge is 2.46. The molecule has 3 atom stereocenters. The van der Waals surface area contributed by atoms with Gasteiger partial charge >= 0.3 is 5.97 Å². The standard InChI is InChI=1S/C43H47FN8O9/c1-3-43(60)27-15-32-39-25(19-52(32)40(57)26(27)21-61-42(43)59)38-29(12-11-24-22(2)28(44)16-30(50-39)37(24)38)48-34(54)10-7-13-51(20-33(46)53)41(58)31(14-23-8-5-4-6-9-23)49-36(56)18-47-35(55)17-45/h4-6,8-9,15-16,29,31,60H,3,7,10-14,17-21,45H2,1-2H3,(H2,46,53)(H,47,55)(H,48,54)(H,49,56)/t29-,31-,43-/m0/s1. The van der Waals surface area contributed by atoms with E-state index < -0.39 is 71.7 Å². The van der Waals surface area contributed by atoms with Gasteiger partial charge in [-0.3, -0.25) is 28.8 Å². The number of primary amides is 1. The van der Waals surface area contributed by atoms with Crippen LogP contribution in [0.1, 0.15) is 77.6 Å². The predicted octanol–water partition coefficient (Wildman–Crippen LogP) is 0.527. The second kappa shape index (κ2) is 17.2. The minimum absolute atomic E-state index is 0.0390. The molecule has 18 heteroatoms. The first-order chi connectivity index (χ1) is 29.1. The van der Waals surface area contributed by atoms with Crippen LogP contribution < -0.4 is 33.0 Å². The number of benzene rings is 2. The van der Waals surface area contributed by atoms with Gasteiger partial charge in [0, 0.05) is 42.0 Å². The van der Waals surface area contributed by atoms with Gasteiger partial charge in [-0.2, -0.15) is 0 Å². The molecular weight excluding hydrogens is 792 g/mol. The summed E-state index contributed by atoms with van der Waals surface area (Å²) >= 11 is 0. The third kappa shape index (κ3) is 8.20. The van der Waals surface area contributed by atoms with Gasteiger partial charge in [-0.25, -0.2) is 14.2 Å². The van der Waals surface area contributed by atoms with E-state index in [0.717, 1.165) is 5.56 Å². The zero-order chi connectivity index (χ0) is 43.7. The summed E-state index contributed by atoms with van der Waals surface area (Å²) in [5.74, 6) is -4.33. The van der Waals surface area contributed by atoms with E-state index in [2.05, 4.69) is 16.0 Å². The van der Waals surface area contributed by atoms with Crippen LogP contribution in [-0.4, -0.2) is 87.3 Å². The molecule has 2 aromatic heterocycles. The normalized spacial score (nSPS) is 17.7. The second-order valence-electron chi connectivity index (χ2n) is 15.6. The molecule has 8 N–H and O–H groups in total. The minimum atomic E-state index is -2.04. The van der Waals surface area contributed by atoms with Crippen LogP contribution in [0.5, 0.6) is 0 Å². The lowest BCUT2D eigenvalue weighted by atomic mass is 9.81. The van der Waals surface area contributed by atoms with Gasteiger partial charge in [0.25, 0.3) is 5.56 Å². The van der Waals surface area contributed by atoms with Gasteiger partial charge in [-0.1, -0.05) is 37.3 Å². The molecule has 0 spiro atoms. The van der Waals surface area contributed by atoms with Crippen LogP contribution in [0.2, 0.25) is 0 Å². The van der Waals surface area contributed by atoms with Gasteiger partial charge < -0.3 is 46.7 Å². The lowest BCUT2D eigenvalue weighted by Crippen LogP contribution is -2.53. The average Bonchev–Trinajstić information content (AvgIpc) is 3.61. The van der Waals surface area contributed by atoms with Crippen molar-refractivity contribution in [3.8, 4) is 11.4 Å². The SMILES string of the molecule is CC[C@@]1(O)C(=O)OCc2c1cc1n(c2=O)Cc2c-1nc1cc(F)c(C)c3c1c2[C@@H](NC(=O)CCCN(CC(N)=O)C(=O)[C@H](Cc1ccccc1)NC(=O)CNC(=O)CN)CC3. The highest BCUT2D eigenvalue weighted by molar-refractivity contribution is 5.95. The highest BCUT2D eigenvalue weighted by atomic mass is 19.1. The Morgan fingerprint density at radius 2 is 1.84 bits per heavy atom. The number of amides is 5. The number of halogens is 1. The molecule has 0 fully saturated rings. The van der Waals surface area contributed by atoms with Gasteiger partial charge in [0.1, 0.15) is 18.5 Å². The molecule has 0 saturated heterocycles. The number of carbonyl (C=O) groups is 6. The predicted molar refractivity (Wildman–Crippen MR) is 218 cm³/mol. The van der Waals surface area contributed by atoms with Crippen molar-refractivity contribution >= 4 is 46.4 Å². The van der Waals surface area contributed by atoms with Gasteiger partial charge in [-0.05, 0) is 60.9 Å². The molecular formula is C43H47FN8O9. The molecule has 17 nitrogen and oxygen atoms in total. The summed E-state index contributed by atoms with van der Waals surface area (Å²) in [5.41, 5.74) is 12.9. The van der Waals surface area contributed by atoms with Crippen molar-refractivity contribution in [1.82, 2.24) is 30.4 Å². The first kappa shape index (κ1) is 42.6. The number of nitrogens with zero attached hydrogens (tertiary/aromatic N) is 3. The summed E-state index contributed by atoms with van der Waals surface area (Å²) in [7, 11) is 0. The van der Waals surface area contributed by atoms with Crippen LogP contribution in [-0.2, 0) is 65.1 Å². The number of hydrogen-bond donors (Lipinski definition) is 6. The van der Waals surface area contributed by atoms with Crippen LogP contribution in [0.25, 0.3) is 22.3 Å². The number of aromatic nitrogens is 2. The fraction of sp³-hybridized carbons (Fsp3) is 0.395. The average molecular weight is 839 g/mol. The molecule has 0 unspecified atom stereocenters. The number of pyridine rings is 2. The molecule has 1 aliphatic carbocycles. The van der Waals surface area contributed by atoms with Crippen molar-refractivity contribution in [2.45, 2.75) is 83.2 Å². The van der Waals surface area contributed by atoms with Crippen molar-refractivity contribution in [1.29, 1.82) is 0 Å². The molecule has 5 amide bonds. The molecule has 3 aliphatic rings. The second-order valence-corrected chi connectivity index (χ2v) is 15.6. The van der Waals surface area contributed by atoms with Crippen LogP contribution in [0.4, 0.5) is 4.39 Å². The summed E-state index contributed by atoms with van der Waals surface area (Å²) in [6.07, 6.45) is 0.868. The number of cyclic esters (lactones) is 1. The molecule has 0 saturated carbocycles. The molecule has 2 aromatic carbocycles. The first-order valence-electron chi connectivity index (χ1n) is 20.1. The number of rotatable bonds is 15. The lowest BCUT2D eigenvalue weighted by Gasteiger charge is -2.31. The van der Waals surface area contributed by atoms with Crippen molar-refractivity contribution in [3.05, 3.63) is 97.6 Å². The number of aryl methyl sites for hydroxylation is 1. The quantitative estimate of drug-likeness (QED) is 0.0793. The van der Waals surface area contributed by atoms with Crippen LogP contribution in [0.15, 0.2) is 47.3 Å². The Bertz CT molecular complexity index is 2540. The number of carbonyl (C=O) groups excluding carboxylic acids is 6. The number of hydrogen-bond acceptors (Lipinski definition) is 11. The lowest BCUT2D eigenvalue weighted by molar-refractivity contribution is -0.172. The van der Waals surface area contributed by atoms with Crippen LogP contribution in [0, 0.1) is 12.7 Å². The van der Waals surface area contributed by atoms with Gasteiger partial charge in [0.05, 0.1) is 54.7 Å². The Morgan fingerprint density at radius 1 is 1.08 bits per heavy atom. The number of esters is 1. The zero-order valence-electron chi connectivity index (χ0n) is 33.8. The summed E-state index contributed by atoms with van der Waals surface area (Å²) in [6.45, 7) is 1.75. The van der Waals surface area contributed by atoms with E-state index in [1.54, 1.807) is 50.2 Å². The topological polar surface area (TPSA) is 258 Å². The molecule has 61 heavy (non-hydrogen) atoms. The van der Waals surface area contributed by atoms with E-state index in [-0.39, 0.29) is 69.0 Å². The molecule has 0 bridgehead atoms. The highest BCUT2D eigenvalue weighted by Crippen LogP contribution is 2.46. The number of fused-ring (bicyclic) bond motifs is 5. The van der Waals surface area contributed by atoms with E-state index in [1.807, 2.05) is 0 Å². The Kier molecular flexibility index (Phi) is 12.0. The summed E-state index contributed by atoms with van der Waals surface area (Å²) in [6, 6.07) is 10.0. The third-order valence-corrected chi connectivity index (χ3v) is 11.8. The Hall–Kier alpha value is -6.53. The fourth-order valence-electron chi connectivity index (χ4n) is 8.62. The Morgan fingerprint density at radius 3 is 2.54 bits per heavy atom. The molecule has 4 heterocycles. The van der Waals surface area contributed by atoms with Crippen molar-refractivity contribution in [2.75, 3.05) is 26.2 Å². The van der Waals surface area contributed by atoms with E-state index in [0.29, 0.717) is 57.4 Å². The fourth-order valence-corrected chi connectivity index (χ4v) is 8.62. The summed E-state index contributed by atoms with van der Waals surface area (Å²) in [4.78, 5) is 97.1. The van der Waals surface area contributed by atoms with E-state index >= 15 is 4.39 Å². The van der Waals surface area contributed by atoms with E-state index in [1.165, 1.54) is 15.5 Å². The monoisotopic (exact) mass is 838 g/mol. The van der Waals surface area contributed by atoms with E-state index in [4.69, 9.17) is 21.2 Å². The molecule has 0 radical (unpaired) electrons. The molecule has 7 rings (SSSR count). The number of ether oxygens (including phenoxy) is 1. The number of aliphatic hydroxyl groups is 1. The molecule has 2 aliphatic heterocycles. The van der Waals surface area contributed by atoms with Crippen LogP contribution in [0.3, 0.4) is 0 Å². The largest absolute Gasteiger partial charge is 0.458 e. The van der Waals surface area contributed by atoms with Gasteiger partial charge in [0.15, 0.2) is 5.60 Å². The summed E-state index contributed by atoms with van der Waals surface area (Å²) in [5, 5.41) is 20.1. The maximum absolute atomic E-state index is 15.4. The van der Waals surface area contributed by atoms with Crippen LogP contribution >= 0.6 is 0 Å². The maximum Gasteiger partial charge on any atom is 0.343 e. The smallest absolute Gasteiger partial charge is 0.343 e. The summed E-state index contributed by atoms with van der Waals surface area (Å²) < 4.78 is 22.1. The number of nitrogens with two attached hydrogens (primary N) is 2. The maximum atomic E-state index is 15.4. The zero-order valence-corrected chi connectivity index (χ0v) is 33.8. The molecule has 320 valence electrons. The van der Waals surface area contributed by atoms with Gasteiger partial charge in [0.2, 0.25) is 29.5 Å².